The van der Waals surface area contributed by atoms with Crippen LogP contribution in [0, 0.1) is 0 Å². The fraction of sp³-hybridized carbons (Fsp3) is 0.583. The van der Waals surface area contributed by atoms with Crippen LogP contribution in [0.15, 0.2) is 24.5 Å². The van der Waals surface area contributed by atoms with Crippen molar-refractivity contribution >= 4 is 5.69 Å². The van der Waals surface area contributed by atoms with Crippen LogP contribution in [0.1, 0.15) is 25.7 Å². The van der Waals surface area contributed by atoms with Crippen molar-refractivity contribution in [2.75, 3.05) is 4.90 Å². The lowest BCUT2D eigenvalue weighted by atomic mass is 9.98. The Kier molecular flexibility index (Phi) is 2.13. The van der Waals surface area contributed by atoms with Gasteiger partial charge in [0.05, 0.1) is 11.9 Å². The SMILES string of the molecule is NC1CC2CCC(C1)N2c1cccnc1. The molecule has 0 radical (unpaired) electrons. The van der Waals surface area contributed by atoms with E-state index in [0.29, 0.717) is 18.1 Å². The minimum atomic E-state index is 0.412. The van der Waals surface area contributed by atoms with E-state index < -0.39 is 0 Å². The van der Waals surface area contributed by atoms with Crippen molar-refractivity contribution in [3.05, 3.63) is 24.5 Å². The predicted octanol–water partition coefficient (Wildman–Crippen LogP) is 1.54. The van der Waals surface area contributed by atoms with E-state index >= 15 is 0 Å². The molecule has 2 atom stereocenters. The van der Waals surface area contributed by atoms with E-state index in [2.05, 4.69) is 16.0 Å². The van der Waals surface area contributed by atoms with Crippen LogP contribution in [-0.2, 0) is 0 Å². The van der Waals surface area contributed by atoms with Crippen LogP contribution in [0.3, 0.4) is 0 Å². The minimum Gasteiger partial charge on any atom is -0.364 e. The van der Waals surface area contributed by atoms with E-state index in [0.717, 1.165) is 12.8 Å². The van der Waals surface area contributed by atoms with Gasteiger partial charge in [0.25, 0.3) is 0 Å². The summed E-state index contributed by atoms with van der Waals surface area (Å²) in [6.45, 7) is 0. The summed E-state index contributed by atoms with van der Waals surface area (Å²) in [5.41, 5.74) is 7.33. The van der Waals surface area contributed by atoms with Gasteiger partial charge < -0.3 is 10.6 Å². The molecule has 3 heterocycles. The zero-order chi connectivity index (χ0) is 10.3. The first kappa shape index (κ1) is 9.16. The van der Waals surface area contributed by atoms with Crippen LogP contribution in [0.5, 0.6) is 0 Å². The van der Waals surface area contributed by atoms with Crippen LogP contribution >= 0.6 is 0 Å². The number of piperidine rings is 1. The first-order valence-electron chi connectivity index (χ1n) is 5.78. The predicted molar refractivity (Wildman–Crippen MR) is 60.7 cm³/mol. The molecule has 0 aromatic carbocycles. The lowest BCUT2D eigenvalue weighted by molar-refractivity contribution is 0.414. The lowest BCUT2D eigenvalue weighted by Crippen LogP contribution is -2.47. The molecule has 2 saturated heterocycles. The molecule has 2 fully saturated rings. The van der Waals surface area contributed by atoms with Crippen molar-refractivity contribution in [3.63, 3.8) is 0 Å². The van der Waals surface area contributed by atoms with Crippen molar-refractivity contribution in [3.8, 4) is 0 Å². The highest BCUT2D eigenvalue weighted by molar-refractivity contribution is 5.48. The molecule has 0 aliphatic carbocycles. The maximum absolute atomic E-state index is 6.05. The zero-order valence-corrected chi connectivity index (χ0v) is 8.84. The van der Waals surface area contributed by atoms with Crippen LogP contribution in [-0.4, -0.2) is 23.1 Å². The van der Waals surface area contributed by atoms with Crippen molar-refractivity contribution in [2.45, 2.75) is 43.8 Å². The van der Waals surface area contributed by atoms with Gasteiger partial charge in [0, 0.05) is 24.3 Å². The van der Waals surface area contributed by atoms with Crippen molar-refractivity contribution < 1.29 is 0 Å². The van der Waals surface area contributed by atoms with Gasteiger partial charge in [0.1, 0.15) is 0 Å². The smallest absolute Gasteiger partial charge is 0.0557 e. The summed E-state index contributed by atoms with van der Waals surface area (Å²) in [6.07, 6.45) is 8.70. The molecule has 2 N–H and O–H groups in total. The Morgan fingerprint density at radius 1 is 1.27 bits per heavy atom. The van der Waals surface area contributed by atoms with E-state index in [-0.39, 0.29) is 0 Å². The molecule has 3 heteroatoms. The van der Waals surface area contributed by atoms with Crippen LogP contribution in [0.2, 0.25) is 0 Å². The van der Waals surface area contributed by atoms with E-state index in [1.807, 2.05) is 18.5 Å². The van der Waals surface area contributed by atoms with Gasteiger partial charge in [0.15, 0.2) is 0 Å². The fourth-order valence-electron chi connectivity index (χ4n) is 3.15. The van der Waals surface area contributed by atoms with Crippen LogP contribution in [0.25, 0.3) is 0 Å². The average Bonchev–Trinajstić information content (AvgIpc) is 2.53. The molecule has 15 heavy (non-hydrogen) atoms. The Labute approximate surface area is 90.3 Å². The number of hydrogen-bond acceptors (Lipinski definition) is 3. The fourth-order valence-corrected chi connectivity index (χ4v) is 3.15. The number of hydrogen-bond donors (Lipinski definition) is 1. The number of anilines is 1. The maximum atomic E-state index is 6.05. The van der Waals surface area contributed by atoms with E-state index in [9.17, 15) is 0 Å². The maximum Gasteiger partial charge on any atom is 0.0557 e. The summed E-state index contributed by atoms with van der Waals surface area (Å²) < 4.78 is 0. The molecule has 2 unspecified atom stereocenters. The molecule has 1 aromatic rings. The molecule has 80 valence electrons. The first-order chi connectivity index (χ1) is 7.34. The van der Waals surface area contributed by atoms with Crippen molar-refractivity contribution in [2.24, 2.45) is 5.73 Å². The number of nitrogens with zero attached hydrogens (tertiary/aromatic N) is 2. The van der Waals surface area contributed by atoms with Gasteiger partial charge in [-0.25, -0.2) is 0 Å². The Morgan fingerprint density at radius 3 is 2.60 bits per heavy atom. The van der Waals surface area contributed by atoms with Gasteiger partial charge in [-0.3, -0.25) is 4.98 Å². The van der Waals surface area contributed by atoms with Gasteiger partial charge in [-0.15, -0.1) is 0 Å². The zero-order valence-electron chi connectivity index (χ0n) is 8.84. The Hall–Kier alpha value is -1.09. The number of pyridine rings is 1. The van der Waals surface area contributed by atoms with Gasteiger partial charge in [-0.2, -0.15) is 0 Å². The molecular weight excluding hydrogens is 186 g/mol. The van der Waals surface area contributed by atoms with Crippen LogP contribution in [0.4, 0.5) is 5.69 Å². The number of rotatable bonds is 1. The quantitative estimate of drug-likeness (QED) is 0.752. The Balaban J connectivity index is 1.89. The lowest BCUT2D eigenvalue weighted by Gasteiger charge is -2.39. The molecule has 2 bridgehead atoms. The third-order valence-corrected chi connectivity index (χ3v) is 3.71. The molecule has 0 saturated carbocycles. The summed E-state index contributed by atoms with van der Waals surface area (Å²) in [5.74, 6) is 0. The Bertz CT molecular complexity index is 324. The summed E-state index contributed by atoms with van der Waals surface area (Å²) >= 11 is 0. The summed E-state index contributed by atoms with van der Waals surface area (Å²) in [4.78, 5) is 6.74. The summed E-state index contributed by atoms with van der Waals surface area (Å²) in [5, 5.41) is 0. The van der Waals surface area contributed by atoms with Gasteiger partial charge >= 0.3 is 0 Å². The average molecular weight is 203 g/mol. The minimum absolute atomic E-state index is 0.412. The third-order valence-electron chi connectivity index (χ3n) is 3.71. The van der Waals surface area contributed by atoms with E-state index in [1.165, 1.54) is 18.5 Å². The molecule has 3 rings (SSSR count). The monoisotopic (exact) mass is 203 g/mol. The molecule has 2 aliphatic rings. The highest BCUT2D eigenvalue weighted by atomic mass is 15.2. The molecule has 3 nitrogen and oxygen atoms in total. The summed E-state index contributed by atoms with van der Waals surface area (Å²) in [6, 6.07) is 5.90. The topological polar surface area (TPSA) is 42.1 Å². The number of nitrogens with two attached hydrogens (primary N) is 1. The van der Waals surface area contributed by atoms with Gasteiger partial charge in [-0.05, 0) is 37.8 Å². The molecule has 2 aliphatic heterocycles. The highest BCUT2D eigenvalue weighted by Gasteiger charge is 2.39. The van der Waals surface area contributed by atoms with Gasteiger partial charge in [0.2, 0.25) is 0 Å². The van der Waals surface area contributed by atoms with Crippen LogP contribution < -0.4 is 10.6 Å². The van der Waals surface area contributed by atoms with Gasteiger partial charge in [-0.1, -0.05) is 0 Å². The number of fused-ring (bicyclic) bond motifs is 2. The normalized spacial score (nSPS) is 34.5. The third kappa shape index (κ3) is 1.51. The largest absolute Gasteiger partial charge is 0.364 e. The molecule has 0 spiro atoms. The second-order valence-corrected chi connectivity index (χ2v) is 4.73. The Morgan fingerprint density at radius 2 is 2.00 bits per heavy atom. The van der Waals surface area contributed by atoms with E-state index in [4.69, 9.17) is 5.73 Å². The highest BCUT2D eigenvalue weighted by Crippen LogP contribution is 2.38. The summed E-state index contributed by atoms with van der Waals surface area (Å²) in [7, 11) is 0. The second kappa shape index (κ2) is 3.49. The molecular formula is C12H17N3. The first-order valence-corrected chi connectivity index (χ1v) is 5.78. The second-order valence-electron chi connectivity index (χ2n) is 4.73. The van der Waals surface area contributed by atoms with Crippen molar-refractivity contribution in [1.29, 1.82) is 0 Å². The molecule has 1 aromatic heterocycles. The van der Waals surface area contributed by atoms with Crippen molar-refractivity contribution in [1.82, 2.24) is 4.98 Å². The standard InChI is InChI=1S/C12H17N3/c13-9-6-10-3-4-11(7-9)15(10)12-2-1-5-14-8-12/h1-2,5,8-11H,3-4,6-7,13H2. The molecule has 0 amide bonds. The number of aromatic nitrogens is 1. The van der Waals surface area contributed by atoms with E-state index in [1.54, 1.807) is 0 Å².